The molecule has 1 aliphatic rings. The van der Waals surface area contributed by atoms with Crippen LogP contribution in [0.3, 0.4) is 0 Å². The molecular formula is C15H21NO. The summed E-state index contributed by atoms with van der Waals surface area (Å²) in [6.45, 7) is 4.13. The van der Waals surface area contributed by atoms with E-state index >= 15 is 0 Å². The molecule has 0 aliphatic heterocycles. The van der Waals surface area contributed by atoms with Crippen molar-refractivity contribution >= 4 is 11.5 Å². The lowest BCUT2D eigenvalue weighted by Crippen LogP contribution is -2.05. The molecule has 1 aromatic carbocycles. The number of anilines is 1. The number of benzene rings is 1. The molecule has 17 heavy (non-hydrogen) atoms. The number of hydrogen-bond donors (Lipinski definition) is 1. The van der Waals surface area contributed by atoms with Crippen molar-refractivity contribution in [2.75, 3.05) is 5.32 Å². The van der Waals surface area contributed by atoms with Gasteiger partial charge in [-0.1, -0.05) is 20.3 Å². The highest BCUT2D eigenvalue weighted by molar-refractivity contribution is 5.96. The second kappa shape index (κ2) is 5.35. The van der Waals surface area contributed by atoms with Gasteiger partial charge in [0, 0.05) is 23.7 Å². The first-order chi connectivity index (χ1) is 8.24. The molecule has 92 valence electrons. The van der Waals surface area contributed by atoms with Crippen LogP contribution >= 0.6 is 0 Å². The summed E-state index contributed by atoms with van der Waals surface area (Å²) in [4.78, 5) is 11.5. The lowest BCUT2D eigenvalue weighted by atomic mass is 10.1. The standard InChI is InChI=1S/C15H21NO/c1-3-5-12-10-14(12)16-13-8-6-11(7-9-13)15(17)4-2/h6-9,12,14,16H,3-5,10H2,1-2H3. The minimum Gasteiger partial charge on any atom is -0.382 e. The van der Waals surface area contributed by atoms with Crippen molar-refractivity contribution in [1.29, 1.82) is 0 Å². The number of hydrogen-bond acceptors (Lipinski definition) is 2. The first kappa shape index (κ1) is 12.2. The van der Waals surface area contributed by atoms with Crippen molar-refractivity contribution in [3.05, 3.63) is 29.8 Å². The Morgan fingerprint density at radius 2 is 2.00 bits per heavy atom. The minimum atomic E-state index is 0.215. The first-order valence-corrected chi connectivity index (χ1v) is 6.64. The zero-order chi connectivity index (χ0) is 12.3. The zero-order valence-corrected chi connectivity index (χ0v) is 10.7. The van der Waals surface area contributed by atoms with Crippen LogP contribution in [-0.2, 0) is 0 Å². The summed E-state index contributed by atoms with van der Waals surface area (Å²) >= 11 is 0. The molecule has 2 rings (SSSR count). The summed E-state index contributed by atoms with van der Waals surface area (Å²) in [6, 6.07) is 8.54. The Morgan fingerprint density at radius 3 is 2.59 bits per heavy atom. The molecule has 1 saturated carbocycles. The van der Waals surface area contributed by atoms with E-state index in [9.17, 15) is 4.79 Å². The smallest absolute Gasteiger partial charge is 0.162 e. The number of carbonyl (C=O) groups excluding carboxylic acids is 1. The van der Waals surface area contributed by atoms with Crippen LogP contribution in [-0.4, -0.2) is 11.8 Å². The monoisotopic (exact) mass is 231 g/mol. The summed E-state index contributed by atoms with van der Waals surface area (Å²) in [7, 11) is 0. The number of carbonyl (C=O) groups is 1. The van der Waals surface area contributed by atoms with Gasteiger partial charge in [-0.3, -0.25) is 4.79 Å². The van der Waals surface area contributed by atoms with Gasteiger partial charge in [-0.2, -0.15) is 0 Å². The van der Waals surface area contributed by atoms with Crippen molar-refractivity contribution in [2.24, 2.45) is 5.92 Å². The van der Waals surface area contributed by atoms with E-state index in [1.54, 1.807) is 0 Å². The third-order valence-electron chi connectivity index (χ3n) is 3.46. The maximum absolute atomic E-state index is 11.5. The fraction of sp³-hybridized carbons (Fsp3) is 0.533. The third kappa shape index (κ3) is 3.09. The van der Waals surface area contributed by atoms with Crippen LogP contribution in [0, 0.1) is 5.92 Å². The molecule has 0 spiro atoms. The van der Waals surface area contributed by atoms with Gasteiger partial charge in [-0.05, 0) is 43.0 Å². The number of ketones is 1. The molecule has 2 nitrogen and oxygen atoms in total. The van der Waals surface area contributed by atoms with Gasteiger partial charge in [-0.15, -0.1) is 0 Å². The molecule has 0 saturated heterocycles. The molecule has 0 heterocycles. The molecule has 1 N–H and O–H groups in total. The lowest BCUT2D eigenvalue weighted by Gasteiger charge is -2.06. The largest absolute Gasteiger partial charge is 0.382 e. The average molecular weight is 231 g/mol. The Hall–Kier alpha value is -1.31. The van der Waals surface area contributed by atoms with E-state index in [4.69, 9.17) is 0 Å². The summed E-state index contributed by atoms with van der Waals surface area (Å²) < 4.78 is 0. The van der Waals surface area contributed by atoms with Crippen LogP contribution in [0.4, 0.5) is 5.69 Å². The van der Waals surface area contributed by atoms with Gasteiger partial charge < -0.3 is 5.32 Å². The normalized spacial score (nSPS) is 22.2. The topological polar surface area (TPSA) is 29.1 Å². The van der Waals surface area contributed by atoms with Gasteiger partial charge in [-0.25, -0.2) is 0 Å². The molecule has 0 bridgehead atoms. The van der Waals surface area contributed by atoms with Crippen molar-refractivity contribution < 1.29 is 4.79 Å². The van der Waals surface area contributed by atoms with E-state index in [2.05, 4.69) is 12.2 Å². The van der Waals surface area contributed by atoms with Crippen LogP contribution in [0.1, 0.15) is 49.9 Å². The van der Waals surface area contributed by atoms with Crippen molar-refractivity contribution in [3.8, 4) is 0 Å². The number of Topliss-reactive ketones (excluding diaryl/α,β-unsaturated/α-hetero) is 1. The van der Waals surface area contributed by atoms with E-state index in [1.807, 2.05) is 31.2 Å². The first-order valence-electron chi connectivity index (χ1n) is 6.64. The summed E-state index contributed by atoms with van der Waals surface area (Å²) in [6.07, 6.45) is 4.47. The number of nitrogens with one attached hydrogen (secondary N) is 1. The van der Waals surface area contributed by atoms with Gasteiger partial charge in [0.05, 0.1) is 0 Å². The predicted molar refractivity (Wildman–Crippen MR) is 71.5 cm³/mol. The Labute approximate surface area is 103 Å². The molecular weight excluding hydrogens is 210 g/mol. The Morgan fingerprint density at radius 1 is 1.29 bits per heavy atom. The van der Waals surface area contributed by atoms with Crippen LogP contribution in [0.2, 0.25) is 0 Å². The Bertz CT molecular complexity index is 382. The minimum absolute atomic E-state index is 0.215. The fourth-order valence-corrected chi connectivity index (χ4v) is 2.28. The third-order valence-corrected chi connectivity index (χ3v) is 3.46. The number of rotatable bonds is 6. The van der Waals surface area contributed by atoms with E-state index in [-0.39, 0.29) is 5.78 Å². The van der Waals surface area contributed by atoms with Gasteiger partial charge >= 0.3 is 0 Å². The summed E-state index contributed by atoms with van der Waals surface area (Å²) in [5.74, 6) is 1.07. The molecule has 1 aromatic rings. The fourth-order valence-electron chi connectivity index (χ4n) is 2.28. The van der Waals surface area contributed by atoms with Crippen LogP contribution in [0.25, 0.3) is 0 Å². The molecule has 2 atom stereocenters. The highest BCUT2D eigenvalue weighted by Crippen LogP contribution is 2.37. The molecule has 1 aliphatic carbocycles. The van der Waals surface area contributed by atoms with E-state index in [1.165, 1.54) is 19.3 Å². The van der Waals surface area contributed by atoms with Crippen LogP contribution in [0.15, 0.2) is 24.3 Å². The molecule has 2 heteroatoms. The zero-order valence-electron chi connectivity index (χ0n) is 10.7. The average Bonchev–Trinajstić information content (AvgIpc) is 3.08. The maximum Gasteiger partial charge on any atom is 0.162 e. The maximum atomic E-state index is 11.5. The lowest BCUT2D eigenvalue weighted by molar-refractivity contribution is 0.0988. The van der Waals surface area contributed by atoms with Crippen molar-refractivity contribution in [3.63, 3.8) is 0 Å². The van der Waals surface area contributed by atoms with Gasteiger partial charge in [0.2, 0.25) is 0 Å². The molecule has 0 radical (unpaired) electrons. The quantitative estimate of drug-likeness (QED) is 0.753. The second-order valence-electron chi connectivity index (χ2n) is 4.89. The second-order valence-corrected chi connectivity index (χ2v) is 4.89. The molecule has 0 aromatic heterocycles. The van der Waals surface area contributed by atoms with E-state index < -0.39 is 0 Å². The van der Waals surface area contributed by atoms with E-state index in [0.717, 1.165) is 17.2 Å². The highest BCUT2D eigenvalue weighted by atomic mass is 16.1. The van der Waals surface area contributed by atoms with Crippen LogP contribution in [0.5, 0.6) is 0 Å². The molecule has 1 fully saturated rings. The SMILES string of the molecule is CCCC1CC1Nc1ccc(C(=O)CC)cc1. The van der Waals surface area contributed by atoms with Gasteiger partial charge in [0.1, 0.15) is 0 Å². The van der Waals surface area contributed by atoms with E-state index in [0.29, 0.717) is 12.5 Å². The van der Waals surface area contributed by atoms with Gasteiger partial charge in [0.25, 0.3) is 0 Å². The Kier molecular flexibility index (Phi) is 3.82. The van der Waals surface area contributed by atoms with Crippen LogP contribution < -0.4 is 5.32 Å². The highest BCUT2D eigenvalue weighted by Gasteiger charge is 2.35. The molecule has 0 amide bonds. The summed E-state index contributed by atoms with van der Waals surface area (Å²) in [5, 5.41) is 3.52. The van der Waals surface area contributed by atoms with Gasteiger partial charge in [0.15, 0.2) is 5.78 Å². The molecule has 2 unspecified atom stereocenters. The van der Waals surface area contributed by atoms with Crippen molar-refractivity contribution in [1.82, 2.24) is 0 Å². The van der Waals surface area contributed by atoms with Crippen molar-refractivity contribution in [2.45, 2.75) is 45.6 Å². The summed E-state index contributed by atoms with van der Waals surface area (Å²) in [5.41, 5.74) is 1.96. The predicted octanol–water partition coefficient (Wildman–Crippen LogP) is 3.88. The Balaban J connectivity index is 1.89.